The normalized spacial score (nSPS) is 12.9. The van der Waals surface area contributed by atoms with E-state index in [4.69, 9.17) is 0 Å². The highest BCUT2D eigenvalue weighted by Crippen LogP contribution is 2.32. The molecule has 0 spiro atoms. The maximum Gasteiger partial charge on any atom is 0.516 e. The third-order valence-electron chi connectivity index (χ3n) is 2.93. The molecule has 1 aromatic heterocycles. The first-order chi connectivity index (χ1) is 9.04. The van der Waals surface area contributed by atoms with E-state index in [0.717, 1.165) is 5.56 Å². The SMILES string of the molecule is Cc1ccc(C)c2c1c(NS(=O)(=O)C(F)(F)F)nn2C. The summed E-state index contributed by atoms with van der Waals surface area (Å²) in [5, 5.41) is 4.20. The van der Waals surface area contributed by atoms with Gasteiger partial charge in [0.2, 0.25) is 0 Å². The van der Waals surface area contributed by atoms with Crippen LogP contribution < -0.4 is 4.72 Å². The van der Waals surface area contributed by atoms with Crippen molar-refractivity contribution in [2.24, 2.45) is 7.05 Å². The summed E-state index contributed by atoms with van der Waals surface area (Å²) in [6, 6.07) is 3.49. The third-order valence-corrected chi connectivity index (χ3v) is 4.01. The van der Waals surface area contributed by atoms with Crippen molar-refractivity contribution < 1.29 is 21.6 Å². The molecule has 0 saturated heterocycles. The Bertz CT molecular complexity index is 778. The van der Waals surface area contributed by atoms with E-state index in [1.807, 2.05) is 0 Å². The topological polar surface area (TPSA) is 64.0 Å². The standard InChI is InChI=1S/C11H12F3N3O2S/c1-6-4-5-7(2)9-8(6)10(15-17(9)3)16-20(18,19)11(12,13)14/h4-5H,1-3H3,(H,15,16). The van der Waals surface area contributed by atoms with E-state index in [1.54, 1.807) is 33.0 Å². The number of aryl methyl sites for hydroxylation is 3. The Morgan fingerprint density at radius 3 is 2.30 bits per heavy atom. The largest absolute Gasteiger partial charge is 0.516 e. The minimum atomic E-state index is -5.48. The molecule has 0 fully saturated rings. The number of rotatable bonds is 2. The minimum Gasteiger partial charge on any atom is -0.266 e. The second-order valence-electron chi connectivity index (χ2n) is 4.45. The number of benzene rings is 1. The molecule has 0 bridgehead atoms. The van der Waals surface area contributed by atoms with Gasteiger partial charge in [0.25, 0.3) is 0 Å². The van der Waals surface area contributed by atoms with Crippen molar-refractivity contribution in [1.29, 1.82) is 0 Å². The summed E-state index contributed by atoms with van der Waals surface area (Å²) >= 11 is 0. The molecule has 9 heteroatoms. The molecule has 2 aromatic rings. The van der Waals surface area contributed by atoms with Gasteiger partial charge in [-0.1, -0.05) is 12.1 Å². The van der Waals surface area contributed by atoms with Crippen LogP contribution in [0.4, 0.5) is 19.0 Å². The fourth-order valence-corrected chi connectivity index (χ4v) is 2.53. The van der Waals surface area contributed by atoms with Gasteiger partial charge in [-0.3, -0.25) is 9.40 Å². The van der Waals surface area contributed by atoms with Crippen LogP contribution >= 0.6 is 0 Å². The maximum absolute atomic E-state index is 12.4. The zero-order valence-corrected chi connectivity index (χ0v) is 11.7. The zero-order valence-electron chi connectivity index (χ0n) is 10.9. The molecule has 0 aliphatic heterocycles. The Labute approximate surface area is 113 Å². The predicted molar refractivity (Wildman–Crippen MR) is 68.8 cm³/mol. The lowest BCUT2D eigenvalue weighted by molar-refractivity contribution is -0.0429. The molecule has 0 aliphatic rings. The first kappa shape index (κ1) is 14.6. The fraction of sp³-hybridized carbons (Fsp3) is 0.364. The number of halogens is 3. The molecule has 0 radical (unpaired) electrons. The number of alkyl halides is 3. The molecule has 0 atom stereocenters. The molecule has 5 nitrogen and oxygen atoms in total. The van der Waals surface area contributed by atoms with Gasteiger partial charge in [0.05, 0.1) is 5.52 Å². The molecule has 0 unspecified atom stereocenters. The van der Waals surface area contributed by atoms with Crippen LogP contribution in [0.5, 0.6) is 0 Å². The van der Waals surface area contributed by atoms with E-state index < -0.39 is 15.5 Å². The van der Waals surface area contributed by atoms with Gasteiger partial charge in [0.15, 0.2) is 5.82 Å². The lowest BCUT2D eigenvalue weighted by Crippen LogP contribution is -2.30. The summed E-state index contributed by atoms with van der Waals surface area (Å²) < 4.78 is 62.5. The van der Waals surface area contributed by atoms with E-state index in [2.05, 4.69) is 5.10 Å². The van der Waals surface area contributed by atoms with Crippen LogP contribution in [0, 0.1) is 13.8 Å². The molecular formula is C11H12F3N3O2S. The molecule has 1 N–H and O–H groups in total. The van der Waals surface area contributed by atoms with Gasteiger partial charge in [-0.2, -0.15) is 26.7 Å². The van der Waals surface area contributed by atoms with Crippen LogP contribution in [0.15, 0.2) is 12.1 Å². The fourth-order valence-electron chi connectivity index (χ4n) is 2.02. The van der Waals surface area contributed by atoms with Crippen LogP contribution in [0.1, 0.15) is 11.1 Å². The lowest BCUT2D eigenvalue weighted by Gasteiger charge is -2.09. The molecule has 20 heavy (non-hydrogen) atoms. The molecule has 0 saturated carbocycles. The molecule has 0 aliphatic carbocycles. The van der Waals surface area contributed by atoms with Crippen LogP contribution in [0.25, 0.3) is 10.9 Å². The maximum atomic E-state index is 12.4. The average Bonchev–Trinajstić information content (AvgIpc) is 2.60. The van der Waals surface area contributed by atoms with Crippen LogP contribution in [0.2, 0.25) is 0 Å². The molecular weight excluding hydrogens is 295 g/mol. The van der Waals surface area contributed by atoms with E-state index in [1.165, 1.54) is 9.40 Å². The highest BCUT2D eigenvalue weighted by molar-refractivity contribution is 7.93. The molecule has 1 heterocycles. The molecule has 0 amide bonds. The van der Waals surface area contributed by atoms with Crippen molar-refractivity contribution in [1.82, 2.24) is 9.78 Å². The highest BCUT2D eigenvalue weighted by atomic mass is 32.2. The second-order valence-corrected chi connectivity index (χ2v) is 6.12. The summed E-state index contributed by atoms with van der Waals surface area (Å²) in [4.78, 5) is 0. The van der Waals surface area contributed by atoms with Crippen molar-refractivity contribution in [2.45, 2.75) is 19.4 Å². The van der Waals surface area contributed by atoms with E-state index >= 15 is 0 Å². The number of aromatic nitrogens is 2. The van der Waals surface area contributed by atoms with Crippen molar-refractivity contribution in [2.75, 3.05) is 4.72 Å². The summed E-state index contributed by atoms with van der Waals surface area (Å²) in [7, 11) is -3.94. The van der Waals surface area contributed by atoms with Gasteiger partial charge >= 0.3 is 15.5 Å². The highest BCUT2D eigenvalue weighted by Gasteiger charge is 2.46. The smallest absolute Gasteiger partial charge is 0.266 e. The Morgan fingerprint density at radius 1 is 1.20 bits per heavy atom. The number of nitrogens with zero attached hydrogens (tertiary/aromatic N) is 2. The van der Waals surface area contributed by atoms with Crippen LogP contribution in [-0.2, 0) is 17.1 Å². The zero-order chi connectivity index (χ0) is 15.3. The molecule has 1 aromatic carbocycles. The van der Waals surface area contributed by atoms with Gasteiger partial charge in [0, 0.05) is 12.4 Å². The Morgan fingerprint density at radius 2 is 1.75 bits per heavy atom. The van der Waals surface area contributed by atoms with Gasteiger partial charge in [0.1, 0.15) is 0 Å². The summed E-state index contributed by atoms with van der Waals surface area (Å²) in [5.74, 6) is -0.318. The number of sulfonamides is 1. The van der Waals surface area contributed by atoms with Gasteiger partial charge < -0.3 is 0 Å². The third kappa shape index (κ3) is 2.21. The van der Waals surface area contributed by atoms with Crippen molar-refractivity contribution in [3.8, 4) is 0 Å². The van der Waals surface area contributed by atoms with Crippen LogP contribution in [0.3, 0.4) is 0 Å². The Balaban J connectivity index is 2.67. The monoisotopic (exact) mass is 307 g/mol. The number of hydrogen-bond donors (Lipinski definition) is 1. The quantitative estimate of drug-likeness (QED) is 0.927. The van der Waals surface area contributed by atoms with Gasteiger partial charge in [-0.25, -0.2) is 0 Å². The number of fused-ring (bicyclic) bond motifs is 1. The average molecular weight is 307 g/mol. The van der Waals surface area contributed by atoms with Crippen molar-refractivity contribution >= 4 is 26.7 Å². The number of anilines is 1. The summed E-state index contributed by atoms with van der Waals surface area (Å²) in [6.45, 7) is 3.44. The predicted octanol–water partition coefficient (Wildman–Crippen LogP) is 2.45. The van der Waals surface area contributed by atoms with Gasteiger partial charge in [-0.05, 0) is 25.0 Å². The first-order valence-corrected chi connectivity index (χ1v) is 7.05. The van der Waals surface area contributed by atoms with Crippen molar-refractivity contribution in [3.63, 3.8) is 0 Å². The van der Waals surface area contributed by atoms with Crippen molar-refractivity contribution in [3.05, 3.63) is 23.3 Å². The second kappa shape index (κ2) is 4.37. The molecule has 2 rings (SSSR count). The Hall–Kier alpha value is -1.77. The van der Waals surface area contributed by atoms with Gasteiger partial charge in [-0.15, -0.1) is 0 Å². The summed E-state index contributed by atoms with van der Waals surface area (Å²) in [6.07, 6.45) is 0. The van der Waals surface area contributed by atoms with E-state index in [-0.39, 0.29) is 5.82 Å². The molecule has 110 valence electrons. The lowest BCUT2D eigenvalue weighted by atomic mass is 10.1. The summed E-state index contributed by atoms with van der Waals surface area (Å²) in [5.41, 5.74) is -3.37. The van der Waals surface area contributed by atoms with E-state index in [0.29, 0.717) is 16.5 Å². The number of hydrogen-bond acceptors (Lipinski definition) is 3. The number of nitrogens with one attached hydrogen (secondary N) is 1. The Kier molecular flexibility index (Phi) is 3.20. The minimum absolute atomic E-state index is 0.318. The van der Waals surface area contributed by atoms with E-state index in [9.17, 15) is 21.6 Å². The van der Waals surface area contributed by atoms with Crippen LogP contribution in [-0.4, -0.2) is 23.7 Å². The first-order valence-electron chi connectivity index (χ1n) is 5.56.